The van der Waals surface area contributed by atoms with Gasteiger partial charge in [-0.2, -0.15) is 4.31 Å². The van der Waals surface area contributed by atoms with Gasteiger partial charge in [-0.1, -0.05) is 30.7 Å². The Morgan fingerprint density at radius 1 is 1.14 bits per heavy atom. The van der Waals surface area contributed by atoms with Crippen molar-refractivity contribution in [2.45, 2.75) is 61.8 Å². The van der Waals surface area contributed by atoms with Crippen LogP contribution < -0.4 is 4.90 Å². The molecule has 0 aliphatic carbocycles. The quantitative estimate of drug-likeness (QED) is 0.380. The summed E-state index contributed by atoms with van der Waals surface area (Å²) >= 11 is 1.18. The Labute approximate surface area is 222 Å². The third-order valence-corrected chi connectivity index (χ3v) is 10.9. The van der Waals surface area contributed by atoms with Gasteiger partial charge in [-0.05, 0) is 67.6 Å². The van der Waals surface area contributed by atoms with Crippen molar-refractivity contribution in [3.63, 3.8) is 0 Å². The second kappa shape index (κ2) is 9.94. The molecule has 1 fully saturated rings. The molecule has 7 nitrogen and oxygen atoms in total. The molecule has 0 bridgehead atoms. The predicted octanol–water partition coefficient (Wildman–Crippen LogP) is 5.03. The molecule has 0 radical (unpaired) electrons. The van der Waals surface area contributed by atoms with Crippen LogP contribution in [0.4, 0.5) is 5.69 Å². The van der Waals surface area contributed by atoms with E-state index in [0.29, 0.717) is 31.5 Å². The van der Waals surface area contributed by atoms with E-state index in [4.69, 9.17) is 4.74 Å². The number of methoxy groups -OCH3 is 1. The van der Waals surface area contributed by atoms with E-state index in [9.17, 15) is 18.0 Å². The summed E-state index contributed by atoms with van der Waals surface area (Å²) in [6, 6.07) is 12.1. The highest BCUT2D eigenvalue weighted by atomic mass is 32.2. The molecule has 2 aromatic carbocycles. The summed E-state index contributed by atoms with van der Waals surface area (Å²) in [7, 11) is -2.05. The third-order valence-electron chi connectivity index (χ3n) is 7.61. The maximum absolute atomic E-state index is 13.6. The lowest BCUT2D eigenvalue weighted by Gasteiger charge is -2.33. The zero-order valence-corrected chi connectivity index (χ0v) is 23.0. The van der Waals surface area contributed by atoms with E-state index in [1.807, 2.05) is 44.2 Å². The number of carbonyl (C=O) groups excluding carboxylic acids is 2. The summed E-state index contributed by atoms with van der Waals surface area (Å²) < 4.78 is 33.8. The summed E-state index contributed by atoms with van der Waals surface area (Å²) in [5, 5.41) is 3.47. The van der Waals surface area contributed by atoms with Gasteiger partial charge in [0.25, 0.3) is 15.9 Å². The number of hydrogen-bond acceptors (Lipinski definition) is 6. The number of amides is 1. The van der Waals surface area contributed by atoms with Gasteiger partial charge in [0.2, 0.25) is 0 Å². The van der Waals surface area contributed by atoms with Crippen molar-refractivity contribution in [2.75, 3.05) is 25.1 Å². The van der Waals surface area contributed by atoms with E-state index in [1.165, 1.54) is 15.6 Å². The fourth-order valence-corrected chi connectivity index (χ4v) is 8.11. The first-order valence-electron chi connectivity index (χ1n) is 12.6. The van der Waals surface area contributed by atoms with Gasteiger partial charge in [0, 0.05) is 37.6 Å². The number of Topliss-reactive ketones (excluding diaryl/α,β-unsaturated/α-hetero) is 1. The van der Waals surface area contributed by atoms with Gasteiger partial charge in [0.1, 0.15) is 4.21 Å². The number of thiophene rings is 1. The molecule has 5 rings (SSSR count). The van der Waals surface area contributed by atoms with E-state index in [1.54, 1.807) is 29.5 Å². The van der Waals surface area contributed by atoms with Crippen LogP contribution in [0, 0.1) is 0 Å². The molecule has 1 atom stereocenters. The highest BCUT2D eigenvalue weighted by Gasteiger charge is 2.38. The average molecular weight is 541 g/mol. The fraction of sp³-hybridized carbons (Fsp3) is 0.429. The minimum absolute atomic E-state index is 0.0449. The number of carbonyl (C=O) groups is 2. The number of benzene rings is 2. The van der Waals surface area contributed by atoms with E-state index in [2.05, 4.69) is 0 Å². The summed E-state index contributed by atoms with van der Waals surface area (Å²) in [5.41, 5.74) is 1.95. The van der Waals surface area contributed by atoms with Crippen LogP contribution in [-0.4, -0.2) is 56.3 Å². The average Bonchev–Trinajstić information content (AvgIpc) is 3.53. The van der Waals surface area contributed by atoms with Crippen LogP contribution in [0.25, 0.3) is 10.8 Å². The van der Waals surface area contributed by atoms with Crippen molar-refractivity contribution in [1.29, 1.82) is 0 Å². The largest absolute Gasteiger partial charge is 0.379 e. The lowest BCUT2D eigenvalue weighted by molar-refractivity contribution is -0.122. The number of nitrogens with zero attached hydrogens (tertiary/aromatic N) is 2. The molecule has 9 heteroatoms. The Hall–Kier alpha value is -2.59. The van der Waals surface area contributed by atoms with Crippen LogP contribution in [0.3, 0.4) is 0 Å². The predicted molar refractivity (Wildman–Crippen MR) is 146 cm³/mol. The molecule has 1 saturated heterocycles. The molecule has 1 unspecified atom stereocenters. The zero-order chi connectivity index (χ0) is 26.4. The van der Waals surface area contributed by atoms with Crippen molar-refractivity contribution in [2.24, 2.45) is 0 Å². The molecular weight excluding hydrogens is 508 g/mol. The first-order valence-corrected chi connectivity index (χ1v) is 15.0. The number of ether oxygens (including phenoxy) is 1. The first kappa shape index (κ1) is 26.0. The summed E-state index contributed by atoms with van der Waals surface area (Å²) in [5.74, 6) is -0.153. The van der Waals surface area contributed by atoms with Crippen LogP contribution in [0.5, 0.6) is 0 Å². The molecule has 2 aliphatic heterocycles. The number of anilines is 1. The van der Waals surface area contributed by atoms with Crippen molar-refractivity contribution in [3.8, 4) is 0 Å². The third kappa shape index (κ3) is 4.74. The van der Waals surface area contributed by atoms with Gasteiger partial charge >= 0.3 is 0 Å². The Balaban J connectivity index is 1.44. The van der Waals surface area contributed by atoms with Crippen LogP contribution in [0.15, 0.2) is 52.1 Å². The Morgan fingerprint density at radius 2 is 1.95 bits per heavy atom. The fourth-order valence-electron chi connectivity index (χ4n) is 5.31. The number of rotatable bonds is 9. The minimum atomic E-state index is -3.72. The van der Waals surface area contributed by atoms with Gasteiger partial charge in [-0.15, -0.1) is 11.3 Å². The Kier molecular flexibility index (Phi) is 7.00. The van der Waals surface area contributed by atoms with Crippen LogP contribution in [-0.2, 0) is 26.0 Å². The molecule has 2 aliphatic rings. The number of ketones is 1. The van der Waals surface area contributed by atoms with E-state index < -0.39 is 16.1 Å². The second-order valence-corrected chi connectivity index (χ2v) is 13.4. The monoisotopic (exact) mass is 540 g/mol. The summed E-state index contributed by atoms with van der Waals surface area (Å²) in [6.07, 6.45) is 2.88. The standard InChI is InChI=1S/C28H32N2O5S2/c1-28(2,35-3)14-16-29-23-13-12-19(20-8-6-9-21(26(20)23)27(29)32)18-24(31)22-10-4-5-15-30(22)37(33,34)25-11-7-17-36-25/h6-9,11-13,17,22H,4-5,10,14-16,18H2,1-3H3. The Morgan fingerprint density at radius 3 is 2.68 bits per heavy atom. The summed E-state index contributed by atoms with van der Waals surface area (Å²) in [6.45, 7) is 4.87. The smallest absolute Gasteiger partial charge is 0.258 e. The summed E-state index contributed by atoms with van der Waals surface area (Å²) in [4.78, 5) is 28.7. The number of sulfonamides is 1. The SMILES string of the molecule is COC(C)(C)CCN1C(=O)c2cccc3c(CC(=O)C4CCCCN4S(=O)(=O)c4cccs4)ccc1c23. The van der Waals surface area contributed by atoms with Gasteiger partial charge in [-0.25, -0.2) is 8.42 Å². The molecule has 37 heavy (non-hydrogen) atoms. The van der Waals surface area contributed by atoms with Crippen LogP contribution in [0.1, 0.15) is 55.5 Å². The Bertz CT molecular complexity index is 1450. The first-order chi connectivity index (χ1) is 17.6. The van der Waals surface area contributed by atoms with Crippen molar-refractivity contribution in [3.05, 3.63) is 59.0 Å². The number of hydrogen-bond donors (Lipinski definition) is 0. The van der Waals surface area contributed by atoms with E-state index in [0.717, 1.165) is 34.9 Å². The maximum atomic E-state index is 13.6. The van der Waals surface area contributed by atoms with Crippen LogP contribution in [0.2, 0.25) is 0 Å². The normalized spacial score (nSPS) is 18.6. The molecule has 196 valence electrons. The van der Waals surface area contributed by atoms with Gasteiger partial charge in [0.15, 0.2) is 5.78 Å². The maximum Gasteiger partial charge on any atom is 0.258 e. The van der Waals surface area contributed by atoms with Gasteiger partial charge in [-0.3, -0.25) is 9.59 Å². The topological polar surface area (TPSA) is 84.0 Å². The second-order valence-electron chi connectivity index (χ2n) is 10.3. The van der Waals surface area contributed by atoms with Crippen molar-refractivity contribution >= 4 is 49.5 Å². The van der Waals surface area contributed by atoms with E-state index in [-0.39, 0.29) is 27.9 Å². The molecule has 3 aromatic rings. The van der Waals surface area contributed by atoms with E-state index >= 15 is 0 Å². The van der Waals surface area contributed by atoms with Gasteiger partial charge < -0.3 is 9.64 Å². The minimum Gasteiger partial charge on any atom is -0.379 e. The van der Waals surface area contributed by atoms with Gasteiger partial charge in [0.05, 0.1) is 17.3 Å². The van der Waals surface area contributed by atoms with Crippen LogP contribution >= 0.6 is 11.3 Å². The molecule has 1 aromatic heterocycles. The lowest BCUT2D eigenvalue weighted by Crippen LogP contribution is -2.48. The molecule has 0 N–H and O–H groups in total. The molecular formula is C28H32N2O5S2. The zero-order valence-electron chi connectivity index (χ0n) is 21.4. The highest BCUT2D eigenvalue weighted by molar-refractivity contribution is 7.91. The molecule has 0 spiro atoms. The number of piperidine rings is 1. The molecule has 3 heterocycles. The van der Waals surface area contributed by atoms with Crippen molar-refractivity contribution in [1.82, 2.24) is 4.31 Å². The lowest BCUT2D eigenvalue weighted by atomic mass is 9.93. The molecule has 0 saturated carbocycles. The van der Waals surface area contributed by atoms with Crippen molar-refractivity contribution < 1.29 is 22.7 Å². The molecule has 1 amide bonds. The highest BCUT2D eigenvalue weighted by Crippen LogP contribution is 2.40.